The molecular weight excluding hydrogens is 263 g/mol. The molecule has 0 spiro atoms. The zero-order valence-corrected chi connectivity index (χ0v) is 10.8. The minimum absolute atomic E-state index is 0.121. The van der Waals surface area contributed by atoms with Gasteiger partial charge in [0.25, 0.3) is 5.56 Å². The molecule has 2 heterocycles. The molecule has 2 rings (SSSR count). The van der Waals surface area contributed by atoms with Crippen LogP contribution in [0.25, 0.3) is 11.2 Å². The zero-order valence-electron chi connectivity index (χ0n) is 18.8. The second-order valence-electron chi connectivity index (χ2n) is 4.26. The van der Waals surface area contributed by atoms with Crippen molar-refractivity contribution in [2.75, 3.05) is 0 Å². The van der Waals surface area contributed by atoms with E-state index in [9.17, 15) is 14.0 Å². The third kappa shape index (κ3) is 2.52. The number of aryl methyl sites for hydroxylation is 2. The zero-order chi connectivity index (χ0) is 21.7. The Morgan fingerprint density at radius 3 is 3.00 bits per heavy atom. The van der Waals surface area contributed by atoms with Gasteiger partial charge < -0.3 is 4.57 Å². The summed E-state index contributed by atoms with van der Waals surface area (Å²) in [6, 6.07) is 0. The fourth-order valence-corrected chi connectivity index (χ4v) is 1.93. The van der Waals surface area contributed by atoms with Crippen LogP contribution in [0.2, 0.25) is 0 Å². The quantitative estimate of drug-likeness (QED) is 0.824. The molecule has 20 heavy (non-hydrogen) atoms. The van der Waals surface area contributed by atoms with Crippen molar-refractivity contribution in [1.29, 1.82) is 0 Å². The maximum Gasteiger partial charge on any atom is 0.332 e. The van der Waals surface area contributed by atoms with Crippen molar-refractivity contribution >= 4 is 11.2 Å². The number of aromatic nitrogens is 4. The molecule has 2 aromatic heterocycles. The van der Waals surface area contributed by atoms with Gasteiger partial charge in [0.05, 0.1) is 12.5 Å². The van der Waals surface area contributed by atoms with Crippen LogP contribution in [0.15, 0.2) is 15.9 Å². The van der Waals surface area contributed by atoms with Gasteiger partial charge in [0.15, 0.2) is 11.2 Å². The van der Waals surface area contributed by atoms with Crippen LogP contribution in [0, 0.1) is 0 Å². The molecule has 0 aliphatic carbocycles. The van der Waals surface area contributed by atoms with Crippen molar-refractivity contribution in [1.82, 2.24) is 18.7 Å². The lowest BCUT2D eigenvalue weighted by atomic mass is 10.2. The SMILES string of the molecule is [2H]C([2H])([2H])[C@@H](F)C([2H])([2H])CCCn1c(=O)c2c(ncn2C([2H])([2H])[2H])n(C)c1=O. The molecule has 2 aromatic rings. The summed E-state index contributed by atoms with van der Waals surface area (Å²) < 4.78 is 74.7. The van der Waals surface area contributed by atoms with E-state index < -0.39 is 44.0 Å². The highest BCUT2D eigenvalue weighted by Gasteiger charge is 2.14. The lowest BCUT2D eigenvalue weighted by Crippen LogP contribution is -2.39. The minimum Gasteiger partial charge on any atom is -0.328 e. The van der Waals surface area contributed by atoms with Gasteiger partial charge in [-0.05, 0) is 26.1 Å². The van der Waals surface area contributed by atoms with Crippen LogP contribution in [0.5, 0.6) is 0 Å². The van der Waals surface area contributed by atoms with Gasteiger partial charge in [-0.25, -0.2) is 14.2 Å². The normalized spacial score (nSPS) is 20.9. The summed E-state index contributed by atoms with van der Waals surface area (Å²) >= 11 is 0. The van der Waals surface area contributed by atoms with E-state index in [0.717, 1.165) is 10.9 Å². The Labute approximate surface area is 126 Å². The molecule has 0 unspecified atom stereocenters. The van der Waals surface area contributed by atoms with Crippen molar-refractivity contribution in [3.63, 3.8) is 0 Å². The fourth-order valence-electron chi connectivity index (χ4n) is 1.93. The highest BCUT2D eigenvalue weighted by atomic mass is 19.1. The van der Waals surface area contributed by atoms with Gasteiger partial charge in [-0.1, -0.05) is 0 Å². The summed E-state index contributed by atoms with van der Waals surface area (Å²) in [5.41, 5.74) is -2.18. The number of hydrogen-bond donors (Lipinski definition) is 0. The molecule has 110 valence electrons. The van der Waals surface area contributed by atoms with E-state index in [1.54, 1.807) is 0 Å². The largest absolute Gasteiger partial charge is 0.332 e. The van der Waals surface area contributed by atoms with E-state index in [-0.39, 0.29) is 24.1 Å². The van der Waals surface area contributed by atoms with Crippen LogP contribution in [0.3, 0.4) is 0 Å². The van der Waals surface area contributed by atoms with Crippen LogP contribution in [-0.4, -0.2) is 24.9 Å². The number of imidazole rings is 1. The molecule has 0 aliphatic heterocycles. The van der Waals surface area contributed by atoms with Crippen molar-refractivity contribution in [3.05, 3.63) is 27.2 Å². The second kappa shape index (κ2) is 5.60. The first-order valence-electron chi connectivity index (χ1n) is 9.90. The van der Waals surface area contributed by atoms with Crippen molar-refractivity contribution in [2.24, 2.45) is 14.0 Å². The van der Waals surface area contributed by atoms with Crippen LogP contribution >= 0.6 is 0 Å². The molecule has 6 nitrogen and oxygen atoms in total. The first-order valence-corrected chi connectivity index (χ1v) is 5.90. The van der Waals surface area contributed by atoms with Crippen molar-refractivity contribution < 1.29 is 15.4 Å². The number of halogens is 1. The van der Waals surface area contributed by atoms with Crippen LogP contribution in [-0.2, 0) is 20.6 Å². The molecule has 0 bridgehead atoms. The van der Waals surface area contributed by atoms with Crippen LogP contribution in [0.4, 0.5) is 4.39 Å². The first-order chi connectivity index (χ1) is 12.6. The van der Waals surface area contributed by atoms with Gasteiger partial charge in [-0.15, -0.1) is 0 Å². The van der Waals surface area contributed by atoms with Gasteiger partial charge >= 0.3 is 5.69 Å². The molecule has 0 amide bonds. The molecule has 7 heteroatoms. The number of nitrogens with zero attached hydrogens (tertiary/aromatic N) is 4. The molecule has 0 aromatic carbocycles. The lowest BCUT2D eigenvalue weighted by molar-refractivity contribution is 0.328. The molecular formula is C13H19FN4O2. The van der Waals surface area contributed by atoms with Gasteiger partial charge in [-0.3, -0.25) is 13.9 Å². The molecule has 0 saturated heterocycles. The second-order valence-corrected chi connectivity index (χ2v) is 4.26. The van der Waals surface area contributed by atoms with Gasteiger partial charge in [0, 0.05) is 31.5 Å². The smallest absolute Gasteiger partial charge is 0.328 e. The monoisotopic (exact) mass is 290 g/mol. The summed E-state index contributed by atoms with van der Waals surface area (Å²) in [5, 5.41) is 0. The Morgan fingerprint density at radius 2 is 2.30 bits per heavy atom. The summed E-state index contributed by atoms with van der Waals surface area (Å²) in [5.74, 6) is 0. The minimum atomic E-state index is -3.14. The highest BCUT2D eigenvalue weighted by molar-refractivity contribution is 5.69. The number of rotatable bonds is 5. The molecule has 0 N–H and O–H groups in total. The molecule has 0 fully saturated rings. The molecule has 0 radical (unpaired) electrons. The van der Waals surface area contributed by atoms with E-state index in [4.69, 9.17) is 11.0 Å². The van der Waals surface area contributed by atoms with Gasteiger partial charge in [0.2, 0.25) is 0 Å². The highest BCUT2D eigenvalue weighted by Crippen LogP contribution is 2.06. The summed E-state index contributed by atoms with van der Waals surface area (Å²) in [4.78, 5) is 28.8. The van der Waals surface area contributed by atoms with Crippen molar-refractivity contribution in [3.8, 4) is 0 Å². The maximum absolute atomic E-state index is 13.8. The van der Waals surface area contributed by atoms with Crippen LogP contribution in [0.1, 0.15) is 37.0 Å². The van der Waals surface area contributed by atoms with E-state index in [2.05, 4.69) is 4.98 Å². The van der Waals surface area contributed by atoms with Gasteiger partial charge in [-0.2, -0.15) is 0 Å². The molecule has 0 aliphatic rings. The average Bonchev–Trinajstić information content (AvgIpc) is 3.00. The molecule has 1 atom stereocenters. The lowest BCUT2D eigenvalue weighted by Gasteiger charge is -2.08. The van der Waals surface area contributed by atoms with E-state index in [1.165, 1.54) is 7.05 Å². The Bertz CT molecular complexity index is 988. The van der Waals surface area contributed by atoms with E-state index in [1.807, 2.05) is 0 Å². The Balaban J connectivity index is 2.39. The standard InChI is InChI=1S/C13H19FN4O2/c1-9(14)6-4-5-7-18-12(19)10-11(15-8-16(10)2)17(3)13(18)20/h8-9H,4-7H2,1-3H3/t9-/m1/s1/i1D3,2D3,6D2. The predicted octanol–water partition coefficient (Wildman–Crippen LogP) is 0.962. The first kappa shape index (κ1) is 7.19. The van der Waals surface area contributed by atoms with E-state index in [0.29, 0.717) is 9.13 Å². The Hall–Kier alpha value is -1.92. The maximum atomic E-state index is 13.8. The summed E-state index contributed by atoms with van der Waals surface area (Å²) in [7, 11) is 1.29. The predicted molar refractivity (Wildman–Crippen MR) is 74.6 cm³/mol. The Morgan fingerprint density at radius 1 is 1.50 bits per heavy atom. The third-order valence-corrected chi connectivity index (χ3v) is 2.91. The van der Waals surface area contributed by atoms with Gasteiger partial charge in [0.1, 0.15) is 0 Å². The summed E-state index contributed by atoms with van der Waals surface area (Å²) in [6.45, 7) is -6.19. The fraction of sp³-hybridized carbons (Fsp3) is 0.615. The third-order valence-electron chi connectivity index (χ3n) is 2.91. The number of fused-ring (bicyclic) bond motifs is 1. The van der Waals surface area contributed by atoms with Crippen molar-refractivity contribution in [2.45, 2.75) is 38.8 Å². The topological polar surface area (TPSA) is 61.8 Å². The number of alkyl halides is 1. The van der Waals surface area contributed by atoms with E-state index >= 15 is 0 Å². The van der Waals surface area contributed by atoms with Crippen LogP contribution < -0.4 is 11.2 Å². The number of hydrogen-bond acceptors (Lipinski definition) is 3. The summed E-state index contributed by atoms with van der Waals surface area (Å²) in [6.07, 6.45) is -5.26. The molecule has 0 saturated carbocycles. The average molecular weight is 290 g/mol. The Kier molecular flexibility index (Phi) is 2.01.